The zero-order valence-electron chi connectivity index (χ0n) is 38.4. The van der Waals surface area contributed by atoms with E-state index < -0.39 is 37.1 Å². The van der Waals surface area contributed by atoms with Gasteiger partial charge in [0.05, 0.1) is 41.8 Å². The molecule has 4 saturated heterocycles. The number of amides is 3. The molecule has 23 heteroatoms. The van der Waals surface area contributed by atoms with Gasteiger partial charge in [0, 0.05) is 79.1 Å². The Morgan fingerprint density at radius 3 is 1.40 bits per heavy atom. The highest BCUT2D eigenvalue weighted by molar-refractivity contribution is 7.89. The van der Waals surface area contributed by atoms with Gasteiger partial charge in [0.15, 0.2) is 0 Å². The topological polar surface area (TPSA) is 246 Å². The van der Waals surface area contributed by atoms with Crippen molar-refractivity contribution < 1.29 is 50.6 Å². The first-order chi connectivity index (χ1) is 34.0. The monoisotopic (exact) mass is 1070 g/mol. The molecule has 72 heavy (non-hydrogen) atoms. The number of morpholine rings is 2. The molecular weight excluding hydrogens is 1010 g/mol. The van der Waals surface area contributed by atoms with Gasteiger partial charge in [-0.1, -0.05) is 67.0 Å². The largest absolute Gasteiger partial charge is 0.478 e. The number of carbonyl (C=O) groups is 4. The molecule has 0 aromatic heterocycles. The summed E-state index contributed by atoms with van der Waals surface area (Å²) in [5.41, 5.74) is -0.343. The first-order valence-corrected chi connectivity index (χ1v) is 26.6. The maximum absolute atomic E-state index is 13.0. The molecule has 6 aliphatic heterocycles. The van der Waals surface area contributed by atoms with E-state index in [1.807, 2.05) is 0 Å². The SMILES string of the molecule is C.C1COCCN1.O=C(O)c1cccc(C2=NC3(CCN(S(=O)(=O)c4cccc(Cl)c4)CC3)C(=O)N2)c1.O=C(c1cccc(C2=NC3(CCN(S(=O)(=O)c4cccc(Cl)c4)CC3)C(=O)N2)c1)N1CCOCC1. The number of carboxylic acids is 1. The first-order valence-electron chi connectivity index (χ1n) is 22.9. The number of sulfonamides is 2. The molecule has 0 atom stereocenters. The van der Waals surface area contributed by atoms with Crippen molar-refractivity contribution in [1.29, 1.82) is 0 Å². The number of carboxylic acid groups (broad SMARTS) is 1. The number of benzene rings is 4. The van der Waals surface area contributed by atoms with Crippen LogP contribution in [0.15, 0.2) is 117 Å². The lowest BCUT2D eigenvalue weighted by atomic mass is 9.89. The number of nitrogens with one attached hydrogen (secondary N) is 3. The number of halogens is 2. The van der Waals surface area contributed by atoms with E-state index in [2.05, 4.69) is 20.9 Å². The van der Waals surface area contributed by atoms with E-state index in [-0.39, 0.29) is 92.4 Å². The fourth-order valence-corrected chi connectivity index (χ4v) is 12.3. The van der Waals surface area contributed by atoms with Crippen LogP contribution in [0.3, 0.4) is 0 Å². The molecule has 6 aliphatic rings. The molecule has 4 fully saturated rings. The van der Waals surface area contributed by atoms with Crippen LogP contribution < -0.4 is 16.0 Å². The van der Waals surface area contributed by atoms with Crippen LogP contribution in [0.5, 0.6) is 0 Å². The summed E-state index contributed by atoms with van der Waals surface area (Å²) in [5.74, 6) is -1.02. The van der Waals surface area contributed by atoms with Crippen LogP contribution in [-0.4, -0.2) is 161 Å². The molecule has 2 spiro atoms. The van der Waals surface area contributed by atoms with Gasteiger partial charge in [0.2, 0.25) is 20.0 Å². The van der Waals surface area contributed by atoms with Crippen molar-refractivity contribution in [2.24, 2.45) is 9.98 Å². The molecule has 4 N–H and O–H groups in total. The Balaban J connectivity index is 0.000000188. The molecular formula is C49H56Cl2N8O11S2. The average Bonchev–Trinajstić information content (AvgIpc) is 3.88. The summed E-state index contributed by atoms with van der Waals surface area (Å²) in [4.78, 5) is 61.0. The van der Waals surface area contributed by atoms with Crippen molar-refractivity contribution in [2.45, 2.75) is 54.0 Å². The Hall–Kier alpha value is -5.62. The van der Waals surface area contributed by atoms with E-state index in [4.69, 9.17) is 42.8 Å². The first kappa shape index (κ1) is 54.2. The fraction of sp³-hybridized carbons (Fsp3) is 0.388. The van der Waals surface area contributed by atoms with Gasteiger partial charge >= 0.3 is 5.97 Å². The summed E-state index contributed by atoms with van der Waals surface area (Å²) >= 11 is 11.9. The van der Waals surface area contributed by atoms with Gasteiger partial charge in [0.1, 0.15) is 22.7 Å². The van der Waals surface area contributed by atoms with Crippen LogP contribution in [0.4, 0.5) is 0 Å². The van der Waals surface area contributed by atoms with Crippen LogP contribution in [0, 0.1) is 0 Å². The van der Waals surface area contributed by atoms with Gasteiger partial charge in [0.25, 0.3) is 17.7 Å². The molecule has 4 aromatic rings. The van der Waals surface area contributed by atoms with Gasteiger partial charge in [-0.15, -0.1) is 0 Å². The van der Waals surface area contributed by atoms with E-state index >= 15 is 0 Å². The highest BCUT2D eigenvalue weighted by Gasteiger charge is 2.49. The number of rotatable bonds is 8. The standard InChI is InChI=1S/C24H25ClN4O5S.C20H18ClN3O5S.C4H9NO.CH4/c25-19-5-2-6-20(16-19)35(32,33)29-9-7-24(8-10-29)23(31)26-21(27-24)17-3-1-4-18(15-17)22(30)28-11-13-34-14-12-28;21-15-5-2-6-16(12-15)30(28,29)24-9-7-20(8-10-24)19(27)22-17(23-20)13-3-1-4-14(11-13)18(25)26;1-3-6-4-2-5-1;/h1-6,15-16H,7-14H2,(H,26,27,31);1-6,11-12H,7-10H2,(H,25,26)(H,22,23,27);5H,1-4H2;1H4. The molecule has 0 saturated carbocycles. The Morgan fingerprint density at radius 1 is 0.583 bits per heavy atom. The van der Waals surface area contributed by atoms with Crippen molar-refractivity contribution in [3.8, 4) is 0 Å². The minimum absolute atomic E-state index is 0. The van der Waals surface area contributed by atoms with E-state index in [0.29, 0.717) is 64.7 Å². The number of carbonyl (C=O) groups excluding carboxylic acids is 3. The number of aromatic carboxylic acids is 1. The third-order valence-electron chi connectivity index (χ3n) is 12.8. The average molecular weight is 1070 g/mol. The molecule has 0 aliphatic carbocycles. The Bertz CT molecular complexity index is 2960. The molecule has 384 valence electrons. The summed E-state index contributed by atoms with van der Waals surface area (Å²) < 4.78 is 64.9. The molecule has 0 bridgehead atoms. The number of ether oxygens (including phenoxy) is 2. The lowest BCUT2D eigenvalue weighted by Gasteiger charge is -2.34. The predicted octanol–water partition coefficient (Wildman–Crippen LogP) is 4.29. The van der Waals surface area contributed by atoms with Crippen molar-refractivity contribution in [3.05, 3.63) is 129 Å². The maximum atomic E-state index is 13.0. The second kappa shape index (κ2) is 23.1. The second-order valence-corrected chi connectivity index (χ2v) is 22.1. The predicted molar refractivity (Wildman–Crippen MR) is 271 cm³/mol. The lowest BCUT2D eigenvalue weighted by molar-refractivity contribution is -0.125. The quantitative estimate of drug-likeness (QED) is 0.193. The van der Waals surface area contributed by atoms with Crippen molar-refractivity contribution >= 4 is 78.6 Å². The van der Waals surface area contributed by atoms with Crippen LogP contribution in [0.25, 0.3) is 0 Å². The highest BCUT2D eigenvalue weighted by atomic mass is 35.5. The summed E-state index contributed by atoms with van der Waals surface area (Å²) in [7, 11) is -7.45. The van der Waals surface area contributed by atoms with Gasteiger partial charge in [-0.2, -0.15) is 8.61 Å². The lowest BCUT2D eigenvalue weighted by Crippen LogP contribution is -2.50. The number of hydrogen-bond donors (Lipinski definition) is 4. The third kappa shape index (κ3) is 12.1. The molecule has 10 rings (SSSR count). The Kier molecular flexibility index (Phi) is 17.4. The van der Waals surface area contributed by atoms with Crippen LogP contribution in [0.1, 0.15) is 65.0 Å². The van der Waals surface area contributed by atoms with Gasteiger partial charge in [-0.25, -0.2) is 21.6 Å². The second-order valence-electron chi connectivity index (χ2n) is 17.3. The fourth-order valence-electron chi connectivity index (χ4n) is 8.79. The van der Waals surface area contributed by atoms with E-state index in [1.54, 1.807) is 65.6 Å². The summed E-state index contributed by atoms with van der Waals surface area (Å²) in [5, 5.41) is 18.6. The normalized spacial score (nSPS) is 19.8. The number of hydrogen-bond acceptors (Lipinski definition) is 13. The number of aliphatic imine (C=N–C) groups is 2. The van der Waals surface area contributed by atoms with Gasteiger partial charge in [-0.05, 0) is 86.3 Å². The molecule has 3 amide bonds. The maximum Gasteiger partial charge on any atom is 0.335 e. The summed E-state index contributed by atoms with van der Waals surface area (Å²) in [6.45, 7) is 6.53. The molecule has 0 unspecified atom stereocenters. The molecule has 4 aromatic carbocycles. The van der Waals surface area contributed by atoms with Crippen molar-refractivity contribution in [3.63, 3.8) is 0 Å². The molecule has 6 heterocycles. The zero-order chi connectivity index (χ0) is 50.4. The minimum atomic E-state index is -3.73. The number of nitrogens with zero attached hydrogens (tertiary/aromatic N) is 5. The highest BCUT2D eigenvalue weighted by Crippen LogP contribution is 2.35. The molecule has 19 nitrogen and oxygen atoms in total. The van der Waals surface area contributed by atoms with Crippen LogP contribution in [0.2, 0.25) is 10.0 Å². The number of piperidine rings is 2. The summed E-state index contributed by atoms with van der Waals surface area (Å²) in [6.07, 6.45) is 0.963. The third-order valence-corrected chi connectivity index (χ3v) is 17.1. The zero-order valence-corrected chi connectivity index (χ0v) is 41.5. The van der Waals surface area contributed by atoms with Crippen LogP contribution >= 0.6 is 23.2 Å². The molecule has 0 radical (unpaired) electrons. The van der Waals surface area contributed by atoms with Gasteiger partial charge < -0.3 is 35.4 Å². The van der Waals surface area contributed by atoms with Crippen molar-refractivity contribution in [1.82, 2.24) is 29.5 Å². The van der Waals surface area contributed by atoms with E-state index in [1.165, 1.54) is 45.0 Å². The summed E-state index contributed by atoms with van der Waals surface area (Å²) in [6, 6.07) is 25.4. The Labute approximate surface area is 428 Å². The van der Waals surface area contributed by atoms with Crippen molar-refractivity contribution in [2.75, 3.05) is 78.8 Å². The number of amidine groups is 2. The van der Waals surface area contributed by atoms with E-state index in [9.17, 15) is 36.0 Å². The van der Waals surface area contributed by atoms with E-state index in [0.717, 1.165) is 26.3 Å². The van der Waals surface area contributed by atoms with Gasteiger partial charge in [-0.3, -0.25) is 24.4 Å². The Morgan fingerprint density at radius 2 is 1.00 bits per heavy atom. The van der Waals surface area contributed by atoms with Crippen LogP contribution in [-0.2, 0) is 39.1 Å². The smallest absolute Gasteiger partial charge is 0.335 e. The minimum Gasteiger partial charge on any atom is -0.478 e.